The Labute approximate surface area is 189 Å². The second-order valence-electron chi connectivity index (χ2n) is 11.6. The van der Waals surface area contributed by atoms with E-state index in [9.17, 15) is 20.4 Å². The third-order valence-corrected chi connectivity index (χ3v) is 11.2. The lowest BCUT2D eigenvalue weighted by Crippen LogP contribution is -2.78. The molecule has 0 radical (unpaired) electrons. The molecule has 32 heavy (non-hydrogen) atoms. The first-order valence-electron chi connectivity index (χ1n) is 12.3. The van der Waals surface area contributed by atoms with E-state index in [0.717, 1.165) is 19.5 Å². The van der Waals surface area contributed by atoms with E-state index in [2.05, 4.69) is 11.8 Å². The Morgan fingerprint density at radius 3 is 2.38 bits per heavy atom. The number of fused-ring (bicyclic) bond motifs is 2. The molecule has 4 N–H and O–H groups in total. The first-order chi connectivity index (χ1) is 15.3. The van der Waals surface area contributed by atoms with E-state index in [-0.39, 0.29) is 35.3 Å². The Morgan fingerprint density at radius 2 is 1.75 bits per heavy atom. The van der Waals surface area contributed by atoms with Gasteiger partial charge >= 0.3 is 0 Å². The van der Waals surface area contributed by atoms with Crippen LogP contribution in [-0.2, 0) is 14.2 Å². The van der Waals surface area contributed by atoms with Crippen LogP contribution in [0, 0.1) is 40.4 Å². The van der Waals surface area contributed by atoms with Gasteiger partial charge in [-0.25, -0.2) is 0 Å². The van der Waals surface area contributed by atoms with Crippen molar-refractivity contribution in [1.82, 2.24) is 4.90 Å². The topological polar surface area (TPSA) is 112 Å². The SMILES string of the molecule is CCN1C[C@]2(COC)CCC(O)C34C5CC6C(O)C5[C@@](O)(C(C(OC)[C@@H]32)C14)[C@H](O)[C@@H]6OC. The molecule has 6 rings (SSSR count). The second-order valence-corrected chi connectivity index (χ2v) is 11.6. The lowest BCUT2D eigenvalue weighted by atomic mass is 9.43. The molecule has 0 aromatic heterocycles. The first-order valence-corrected chi connectivity index (χ1v) is 12.3. The van der Waals surface area contributed by atoms with E-state index in [4.69, 9.17) is 14.2 Å². The summed E-state index contributed by atoms with van der Waals surface area (Å²) < 4.78 is 17.7. The number of piperidine rings is 1. The van der Waals surface area contributed by atoms with Crippen molar-refractivity contribution < 1.29 is 34.6 Å². The lowest BCUT2D eigenvalue weighted by Gasteiger charge is -2.69. The highest BCUT2D eigenvalue weighted by molar-refractivity contribution is 5.36. The van der Waals surface area contributed by atoms with Gasteiger partial charge in [-0.15, -0.1) is 0 Å². The van der Waals surface area contributed by atoms with Crippen molar-refractivity contribution in [1.29, 1.82) is 0 Å². The zero-order valence-electron chi connectivity index (χ0n) is 19.6. The fourth-order valence-corrected chi connectivity index (χ4v) is 10.7. The maximum atomic E-state index is 12.5. The fraction of sp³-hybridized carbons (Fsp3) is 1.00. The van der Waals surface area contributed by atoms with Gasteiger partial charge in [0.1, 0.15) is 11.7 Å². The molecular formula is C24H39NO7. The van der Waals surface area contributed by atoms with Crippen molar-refractivity contribution in [2.75, 3.05) is 41.0 Å². The third-order valence-electron chi connectivity index (χ3n) is 11.2. The number of ether oxygens (including phenoxy) is 3. The molecule has 8 nitrogen and oxygen atoms in total. The average molecular weight is 454 g/mol. The van der Waals surface area contributed by atoms with Crippen LogP contribution in [0.25, 0.3) is 0 Å². The Kier molecular flexibility index (Phi) is 4.76. The highest BCUT2D eigenvalue weighted by Crippen LogP contribution is 2.79. The molecule has 8 heteroatoms. The second kappa shape index (κ2) is 6.88. The molecular weight excluding hydrogens is 414 g/mol. The molecule has 14 atom stereocenters. The molecule has 1 aliphatic heterocycles. The van der Waals surface area contributed by atoms with Crippen molar-refractivity contribution in [3.05, 3.63) is 0 Å². The number of nitrogens with zero attached hydrogens (tertiary/aromatic N) is 1. The summed E-state index contributed by atoms with van der Waals surface area (Å²) in [6.45, 7) is 4.33. The molecule has 1 spiro atoms. The van der Waals surface area contributed by atoms with Gasteiger partial charge in [-0.1, -0.05) is 6.92 Å². The molecule has 6 aliphatic rings. The summed E-state index contributed by atoms with van der Waals surface area (Å²) in [5, 5.41) is 47.3. The molecule has 5 saturated carbocycles. The molecule has 9 unspecified atom stereocenters. The van der Waals surface area contributed by atoms with Gasteiger partial charge in [0.05, 0.1) is 31.0 Å². The minimum atomic E-state index is -1.54. The number of likely N-dealkylation sites (tertiary alicyclic amines) is 1. The molecule has 7 bridgehead atoms. The van der Waals surface area contributed by atoms with E-state index < -0.39 is 47.3 Å². The van der Waals surface area contributed by atoms with Crippen LogP contribution in [0.5, 0.6) is 0 Å². The monoisotopic (exact) mass is 453 g/mol. The van der Waals surface area contributed by atoms with Gasteiger partial charge in [-0.2, -0.15) is 0 Å². The molecule has 0 amide bonds. The third kappa shape index (κ3) is 2.07. The van der Waals surface area contributed by atoms with Crippen molar-refractivity contribution in [3.8, 4) is 0 Å². The molecule has 0 aromatic rings. The van der Waals surface area contributed by atoms with Crippen LogP contribution in [0.4, 0.5) is 0 Å². The van der Waals surface area contributed by atoms with Gasteiger partial charge in [0.15, 0.2) is 0 Å². The molecule has 6 fully saturated rings. The molecule has 0 aromatic carbocycles. The van der Waals surface area contributed by atoms with Gasteiger partial charge in [-0.05, 0) is 31.7 Å². The zero-order chi connectivity index (χ0) is 22.8. The summed E-state index contributed by atoms with van der Waals surface area (Å²) in [6, 6.07) is -0.120. The van der Waals surface area contributed by atoms with E-state index in [1.807, 2.05) is 0 Å². The summed E-state index contributed by atoms with van der Waals surface area (Å²) in [7, 11) is 4.98. The Bertz CT molecular complexity index is 783. The average Bonchev–Trinajstić information content (AvgIpc) is 3.19. The molecule has 1 heterocycles. The standard InChI is InChI=1S/C24H39NO7/c1-5-25-9-22(10-30-2)7-6-13(26)23-12-8-11-16(27)14(12)24(29,21(28)17(11)31-3)15(20(23)25)18(32-4)19(22)23/h11-21,26-29H,5-10H2,1-4H3/t11?,12?,13?,14?,15?,16?,17-,18?,19-,20?,21-,22+,23?,24-/m1/s1. The smallest absolute Gasteiger partial charge is 0.110 e. The number of methoxy groups -OCH3 is 3. The van der Waals surface area contributed by atoms with Crippen molar-refractivity contribution >= 4 is 0 Å². The number of hydrogen-bond acceptors (Lipinski definition) is 8. The summed E-state index contributed by atoms with van der Waals surface area (Å²) in [6.07, 6.45) is -1.22. The fourth-order valence-electron chi connectivity index (χ4n) is 10.7. The normalized spacial score (nSPS) is 62.4. The predicted molar refractivity (Wildman–Crippen MR) is 114 cm³/mol. The van der Waals surface area contributed by atoms with Crippen LogP contribution in [0.2, 0.25) is 0 Å². The lowest BCUT2D eigenvalue weighted by molar-refractivity contribution is -0.297. The van der Waals surface area contributed by atoms with Crippen LogP contribution in [0.3, 0.4) is 0 Å². The van der Waals surface area contributed by atoms with Crippen molar-refractivity contribution in [3.63, 3.8) is 0 Å². The highest BCUT2D eigenvalue weighted by atomic mass is 16.5. The van der Waals surface area contributed by atoms with Crippen LogP contribution in [0.15, 0.2) is 0 Å². The van der Waals surface area contributed by atoms with Gasteiger partial charge in [0.2, 0.25) is 0 Å². The largest absolute Gasteiger partial charge is 0.392 e. The van der Waals surface area contributed by atoms with Gasteiger partial charge in [-0.3, -0.25) is 4.90 Å². The number of rotatable bonds is 5. The summed E-state index contributed by atoms with van der Waals surface area (Å²) >= 11 is 0. The van der Waals surface area contributed by atoms with Gasteiger partial charge in [0.25, 0.3) is 0 Å². The van der Waals surface area contributed by atoms with E-state index >= 15 is 0 Å². The number of hydrogen-bond donors (Lipinski definition) is 4. The van der Waals surface area contributed by atoms with E-state index in [1.54, 1.807) is 21.3 Å². The Morgan fingerprint density at radius 1 is 1.03 bits per heavy atom. The molecule has 1 saturated heterocycles. The summed E-state index contributed by atoms with van der Waals surface area (Å²) in [5.74, 6) is -1.29. The maximum Gasteiger partial charge on any atom is 0.110 e. The van der Waals surface area contributed by atoms with Crippen LogP contribution >= 0.6 is 0 Å². The maximum absolute atomic E-state index is 12.5. The molecule has 5 aliphatic carbocycles. The zero-order valence-corrected chi connectivity index (χ0v) is 19.6. The minimum absolute atomic E-state index is 0.000250. The number of aliphatic hydroxyl groups is 4. The van der Waals surface area contributed by atoms with E-state index in [0.29, 0.717) is 19.4 Å². The highest BCUT2D eigenvalue weighted by Gasteiger charge is 2.87. The van der Waals surface area contributed by atoms with Gasteiger partial charge in [0, 0.05) is 68.4 Å². The summed E-state index contributed by atoms with van der Waals surface area (Å²) in [4.78, 5) is 2.42. The molecule has 182 valence electrons. The minimum Gasteiger partial charge on any atom is -0.392 e. The van der Waals surface area contributed by atoms with E-state index in [1.165, 1.54) is 0 Å². The summed E-state index contributed by atoms with van der Waals surface area (Å²) in [5.41, 5.74) is -2.24. The number of aliphatic hydroxyl groups excluding tert-OH is 3. The quantitative estimate of drug-likeness (QED) is 0.440. The Hall–Kier alpha value is -0.320. The van der Waals surface area contributed by atoms with Crippen LogP contribution in [0.1, 0.15) is 26.2 Å². The van der Waals surface area contributed by atoms with Crippen LogP contribution < -0.4 is 0 Å². The van der Waals surface area contributed by atoms with Gasteiger partial charge < -0.3 is 34.6 Å². The first kappa shape index (κ1) is 22.2. The predicted octanol–water partition coefficient (Wildman–Crippen LogP) is -0.527. The van der Waals surface area contributed by atoms with Crippen LogP contribution in [-0.4, -0.2) is 109 Å². The van der Waals surface area contributed by atoms with Crippen molar-refractivity contribution in [2.45, 2.75) is 68.3 Å². The Balaban J connectivity index is 1.64. The van der Waals surface area contributed by atoms with Crippen molar-refractivity contribution in [2.24, 2.45) is 40.4 Å².